The molecule has 0 aliphatic heterocycles. The second-order valence-corrected chi connectivity index (χ2v) is 8.92. The highest BCUT2D eigenvalue weighted by Gasteiger charge is 2.88. The van der Waals surface area contributed by atoms with E-state index in [4.69, 9.17) is 0 Å². The molecule has 156 valence electrons. The summed E-state index contributed by atoms with van der Waals surface area (Å²) < 4.78 is 121. The maximum Gasteiger partial charge on any atom is 0.368 e. The van der Waals surface area contributed by atoms with Crippen molar-refractivity contribution in [2.75, 3.05) is 0 Å². The summed E-state index contributed by atoms with van der Waals surface area (Å²) in [5.41, 5.74) is -4.46. The van der Waals surface area contributed by atoms with Crippen molar-refractivity contribution < 1.29 is 39.3 Å². The standard InChI is InChI=1S/C18H11F6IO3S/c19-13-14(25)15(11-7-3-1-4-8-11,12-9-5-2-6-10-12)18(24,29(26,27)28)17(22,23)16(13,20)21/h1-10H,(H,26,27,28). The summed E-state index contributed by atoms with van der Waals surface area (Å²) in [7, 11) is -6.57. The summed E-state index contributed by atoms with van der Waals surface area (Å²) in [5, 5.41) is -5.34. The van der Waals surface area contributed by atoms with Crippen molar-refractivity contribution in [3.05, 3.63) is 81.2 Å². The maximum atomic E-state index is 16.2. The molecule has 11 heteroatoms. The normalized spacial score (nSPS) is 25.7. The number of hydrogen-bond donors (Lipinski definition) is 1. The Morgan fingerprint density at radius 3 is 1.52 bits per heavy atom. The lowest BCUT2D eigenvalue weighted by Gasteiger charge is -2.51. The van der Waals surface area contributed by atoms with Gasteiger partial charge in [-0.1, -0.05) is 60.7 Å². The third-order valence-electron chi connectivity index (χ3n) is 4.85. The molecule has 0 spiro atoms. The van der Waals surface area contributed by atoms with Gasteiger partial charge in [-0.2, -0.15) is 26.0 Å². The Morgan fingerprint density at radius 1 is 0.793 bits per heavy atom. The van der Waals surface area contributed by atoms with Crippen molar-refractivity contribution >= 4 is 32.7 Å². The van der Waals surface area contributed by atoms with E-state index in [1.165, 1.54) is 36.4 Å². The van der Waals surface area contributed by atoms with Crippen molar-refractivity contribution in [1.82, 2.24) is 0 Å². The first kappa shape index (κ1) is 22.1. The summed E-state index contributed by atoms with van der Waals surface area (Å²) >= 11 is 0.887. The fourth-order valence-corrected chi connectivity index (χ4v) is 6.24. The Hall–Kier alpha value is -1.60. The molecule has 1 aliphatic carbocycles. The Kier molecular flexibility index (Phi) is 5.11. The molecule has 0 aromatic heterocycles. The van der Waals surface area contributed by atoms with E-state index in [9.17, 15) is 34.9 Å². The molecule has 0 amide bonds. The molecular weight excluding hydrogens is 537 g/mol. The van der Waals surface area contributed by atoms with Crippen LogP contribution in [0.5, 0.6) is 0 Å². The molecule has 1 unspecified atom stereocenters. The lowest BCUT2D eigenvalue weighted by atomic mass is 9.64. The van der Waals surface area contributed by atoms with Gasteiger partial charge in [-0.15, -0.1) is 0 Å². The highest BCUT2D eigenvalue weighted by molar-refractivity contribution is 14.1. The Labute approximate surface area is 175 Å². The van der Waals surface area contributed by atoms with Crippen LogP contribution in [0.1, 0.15) is 11.1 Å². The minimum absolute atomic E-state index is 0.568. The number of allylic oxidation sites excluding steroid dienone is 2. The van der Waals surface area contributed by atoms with Crippen molar-refractivity contribution in [3.8, 4) is 0 Å². The molecule has 0 saturated heterocycles. The van der Waals surface area contributed by atoms with Crippen LogP contribution >= 0.6 is 22.6 Å². The maximum absolute atomic E-state index is 16.2. The smallest absolute Gasteiger partial charge is 0.283 e. The molecule has 1 aliphatic rings. The first-order valence-corrected chi connectivity index (χ1v) is 10.4. The predicted molar refractivity (Wildman–Crippen MR) is 101 cm³/mol. The van der Waals surface area contributed by atoms with Gasteiger partial charge >= 0.3 is 27.0 Å². The highest BCUT2D eigenvalue weighted by Crippen LogP contribution is 2.68. The molecule has 0 fully saturated rings. The van der Waals surface area contributed by atoms with Crippen LogP contribution in [0.25, 0.3) is 0 Å². The van der Waals surface area contributed by atoms with Crippen LogP contribution in [0.3, 0.4) is 0 Å². The number of halogens is 7. The van der Waals surface area contributed by atoms with Crippen LogP contribution in [0.15, 0.2) is 70.1 Å². The summed E-state index contributed by atoms with van der Waals surface area (Å²) in [5.74, 6) is -14.7. The van der Waals surface area contributed by atoms with Crippen LogP contribution in [0.2, 0.25) is 0 Å². The topological polar surface area (TPSA) is 54.4 Å². The van der Waals surface area contributed by atoms with E-state index in [0.717, 1.165) is 46.9 Å². The average molecular weight is 548 g/mol. The third kappa shape index (κ3) is 2.56. The first-order chi connectivity index (χ1) is 13.3. The Morgan fingerprint density at radius 2 is 1.17 bits per heavy atom. The summed E-state index contributed by atoms with van der Waals surface area (Å²) in [4.78, 5) is 0. The molecule has 29 heavy (non-hydrogen) atoms. The zero-order chi connectivity index (χ0) is 21.9. The number of hydrogen-bond acceptors (Lipinski definition) is 2. The Balaban J connectivity index is 2.70. The van der Waals surface area contributed by atoms with Crippen LogP contribution in [0, 0.1) is 0 Å². The van der Waals surface area contributed by atoms with Gasteiger partial charge in [0.05, 0.1) is 0 Å². The lowest BCUT2D eigenvalue weighted by Crippen LogP contribution is -2.72. The second-order valence-electron chi connectivity index (χ2n) is 6.33. The van der Waals surface area contributed by atoms with E-state index in [0.29, 0.717) is 0 Å². The summed E-state index contributed by atoms with van der Waals surface area (Å²) in [6, 6.07) is 11.5. The molecule has 0 heterocycles. The summed E-state index contributed by atoms with van der Waals surface area (Å²) in [6.07, 6.45) is 0. The molecule has 1 atom stereocenters. The van der Waals surface area contributed by atoms with Crippen molar-refractivity contribution in [1.29, 1.82) is 0 Å². The summed E-state index contributed by atoms with van der Waals surface area (Å²) in [6.45, 7) is 0. The fourth-order valence-electron chi connectivity index (χ4n) is 3.54. The van der Waals surface area contributed by atoms with Gasteiger partial charge < -0.3 is 0 Å². The predicted octanol–water partition coefficient (Wildman–Crippen LogP) is 5.43. The molecule has 2 aromatic carbocycles. The zero-order valence-corrected chi connectivity index (χ0v) is 17.1. The van der Waals surface area contributed by atoms with Gasteiger partial charge in [0.1, 0.15) is 5.41 Å². The number of benzene rings is 2. The lowest BCUT2D eigenvalue weighted by molar-refractivity contribution is -0.256. The minimum Gasteiger partial charge on any atom is -0.283 e. The fraction of sp³-hybridized carbons (Fsp3) is 0.222. The van der Waals surface area contributed by atoms with E-state index in [1.54, 1.807) is 0 Å². The molecule has 1 N–H and O–H groups in total. The van der Waals surface area contributed by atoms with Gasteiger partial charge in [-0.25, -0.2) is 8.78 Å². The van der Waals surface area contributed by atoms with Crippen LogP contribution in [0.4, 0.5) is 26.3 Å². The van der Waals surface area contributed by atoms with Gasteiger partial charge in [0.15, 0.2) is 5.83 Å². The van der Waals surface area contributed by atoms with E-state index < -0.39 is 52.9 Å². The molecule has 3 nitrogen and oxygen atoms in total. The second kappa shape index (κ2) is 6.71. The number of alkyl halides is 5. The van der Waals surface area contributed by atoms with Crippen LogP contribution in [-0.4, -0.2) is 29.8 Å². The van der Waals surface area contributed by atoms with Gasteiger partial charge in [-0.05, 0) is 33.7 Å². The van der Waals surface area contributed by atoms with Crippen molar-refractivity contribution in [3.63, 3.8) is 0 Å². The molecule has 3 rings (SSSR count). The van der Waals surface area contributed by atoms with Gasteiger partial charge in [0, 0.05) is 3.58 Å². The Bertz CT molecular complexity index is 1030. The average Bonchev–Trinajstić information content (AvgIpc) is 2.67. The first-order valence-electron chi connectivity index (χ1n) is 7.86. The van der Waals surface area contributed by atoms with Crippen molar-refractivity contribution in [2.24, 2.45) is 0 Å². The quantitative estimate of drug-likeness (QED) is 0.317. The molecular formula is C18H11F6IO3S. The van der Waals surface area contributed by atoms with E-state index in [-0.39, 0.29) is 0 Å². The molecule has 0 radical (unpaired) electrons. The molecule has 0 bridgehead atoms. The molecule has 2 aromatic rings. The van der Waals surface area contributed by atoms with Gasteiger partial charge in [0.25, 0.3) is 0 Å². The zero-order valence-electron chi connectivity index (χ0n) is 14.1. The SMILES string of the molecule is O=S(=O)(O)C1(F)C(c2ccccc2)(c2ccccc2)C(I)=C(F)C(F)(F)C1(F)F. The monoisotopic (exact) mass is 548 g/mol. The van der Waals surface area contributed by atoms with E-state index in [2.05, 4.69) is 0 Å². The molecule has 0 saturated carbocycles. The van der Waals surface area contributed by atoms with E-state index in [1.807, 2.05) is 0 Å². The largest absolute Gasteiger partial charge is 0.368 e. The highest BCUT2D eigenvalue weighted by atomic mass is 127. The minimum atomic E-state index is -6.57. The third-order valence-corrected chi connectivity index (χ3v) is 7.40. The van der Waals surface area contributed by atoms with Crippen LogP contribution in [-0.2, 0) is 15.5 Å². The van der Waals surface area contributed by atoms with Crippen molar-refractivity contribution in [2.45, 2.75) is 22.3 Å². The van der Waals surface area contributed by atoms with Crippen LogP contribution < -0.4 is 0 Å². The van der Waals surface area contributed by atoms with Gasteiger partial charge in [0.2, 0.25) is 0 Å². The van der Waals surface area contributed by atoms with E-state index >= 15 is 4.39 Å². The van der Waals surface area contributed by atoms with Gasteiger partial charge in [-0.3, -0.25) is 4.55 Å². The number of rotatable bonds is 3.